The first-order valence-electron chi connectivity index (χ1n) is 10.2. The first-order valence-corrected chi connectivity index (χ1v) is 10.2. The van der Waals surface area contributed by atoms with Crippen molar-refractivity contribution in [3.63, 3.8) is 0 Å². The summed E-state index contributed by atoms with van der Waals surface area (Å²) in [5, 5.41) is 3.91. The minimum atomic E-state index is -0.413. The van der Waals surface area contributed by atoms with Crippen LogP contribution in [0.5, 0.6) is 0 Å². The molecule has 4 rings (SSSR count). The molecule has 1 aliphatic rings. The molecule has 0 atom stereocenters. The van der Waals surface area contributed by atoms with E-state index in [-0.39, 0.29) is 13.9 Å². The predicted octanol–water partition coefficient (Wildman–Crippen LogP) is 6.09. The maximum atomic E-state index is 14.4. The van der Waals surface area contributed by atoms with Gasteiger partial charge in [0, 0.05) is 25.8 Å². The number of halogens is 1. The van der Waals surface area contributed by atoms with Gasteiger partial charge in [0.1, 0.15) is 5.82 Å². The van der Waals surface area contributed by atoms with Gasteiger partial charge in [-0.15, -0.1) is 0 Å². The van der Waals surface area contributed by atoms with Crippen LogP contribution < -0.4 is 5.32 Å². The molecular weight excluding hydrogens is 369 g/mol. The standard InChI is InChI=1S/C21H22FN3O2.C2H6.H2/c1-3-27-21(26)20-19(24-17-7-4-13(2)10-16(17)22)15-11-23-9-8-18(15)25(20)12-14-5-6-14;1-2;/h4,7-11,14,24H,3,5-6,12H2,1-2H3;1-2H3;1H. The fraction of sp³-hybridized carbons (Fsp3) is 0.391. The molecule has 156 valence electrons. The number of carbonyl (C=O) groups is 1. The summed E-state index contributed by atoms with van der Waals surface area (Å²) >= 11 is 0. The molecule has 29 heavy (non-hydrogen) atoms. The van der Waals surface area contributed by atoms with Crippen molar-refractivity contribution in [2.24, 2.45) is 5.92 Å². The molecular formula is C23H30FN3O2. The van der Waals surface area contributed by atoms with Crippen molar-refractivity contribution in [1.82, 2.24) is 9.55 Å². The Bertz CT molecular complexity index is 1020. The first-order chi connectivity index (χ1) is 14.1. The van der Waals surface area contributed by atoms with Gasteiger partial charge < -0.3 is 14.6 Å². The molecule has 3 aromatic rings. The van der Waals surface area contributed by atoms with Crippen molar-refractivity contribution in [3.8, 4) is 0 Å². The molecule has 1 aliphatic carbocycles. The number of aryl methyl sites for hydroxylation is 1. The number of rotatable bonds is 6. The lowest BCUT2D eigenvalue weighted by Crippen LogP contribution is -2.15. The number of nitrogens with zero attached hydrogens (tertiary/aromatic N) is 2. The quantitative estimate of drug-likeness (QED) is 0.510. The molecule has 6 heteroatoms. The smallest absolute Gasteiger partial charge is 0.357 e. The zero-order chi connectivity index (χ0) is 21.0. The third-order valence-corrected chi connectivity index (χ3v) is 4.86. The van der Waals surface area contributed by atoms with Gasteiger partial charge in [0.25, 0.3) is 0 Å². The van der Waals surface area contributed by atoms with E-state index in [4.69, 9.17) is 4.74 Å². The summed E-state index contributed by atoms with van der Waals surface area (Å²) in [5.74, 6) is -0.216. The Hall–Kier alpha value is -2.89. The molecule has 0 amide bonds. The number of esters is 1. The Labute approximate surface area is 172 Å². The van der Waals surface area contributed by atoms with Crippen LogP contribution in [0.25, 0.3) is 10.9 Å². The number of anilines is 2. The van der Waals surface area contributed by atoms with Gasteiger partial charge in [0.2, 0.25) is 0 Å². The summed E-state index contributed by atoms with van der Waals surface area (Å²) in [6.45, 7) is 8.63. The topological polar surface area (TPSA) is 56.1 Å². The third-order valence-electron chi connectivity index (χ3n) is 4.86. The largest absolute Gasteiger partial charge is 0.461 e. The second kappa shape index (κ2) is 9.07. The molecule has 1 saturated carbocycles. The predicted molar refractivity (Wildman–Crippen MR) is 116 cm³/mol. The van der Waals surface area contributed by atoms with Crippen LogP contribution in [0.15, 0.2) is 36.7 Å². The minimum Gasteiger partial charge on any atom is -0.461 e. The van der Waals surface area contributed by atoms with Gasteiger partial charge in [-0.3, -0.25) is 4.98 Å². The van der Waals surface area contributed by atoms with E-state index in [2.05, 4.69) is 10.3 Å². The monoisotopic (exact) mass is 399 g/mol. The van der Waals surface area contributed by atoms with Crippen LogP contribution in [0.1, 0.15) is 51.1 Å². The maximum absolute atomic E-state index is 14.4. The summed E-state index contributed by atoms with van der Waals surface area (Å²) < 4.78 is 21.7. The van der Waals surface area contributed by atoms with Gasteiger partial charge in [0.15, 0.2) is 5.69 Å². The second-order valence-electron chi connectivity index (χ2n) is 7.00. The van der Waals surface area contributed by atoms with Gasteiger partial charge in [-0.05, 0) is 56.4 Å². The van der Waals surface area contributed by atoms with Crippen molar-refractivity contribution in [3.05, 3.63) is 53.7 Å². The van der Waals surface area contributed by atoms with Gasteiger partial charge in [-0.2, -0.15) is 0 Å². The van der Waals surface area contributed by atoms with Crippen LogP contribution in [-0.2, 0) is 11.3 Å². The maximum Gasteiger partial charge on any atom is 0.357 e. The normalized spacial score (nSPS) is 13.0. The van der Waals surface area contributed by atoms with Gasteiger partial charge in [-0.1, -0.05) is 19.9 Å². The molecule has 5 nitrogen and oxygen atoms in total. The highest BCUT2D eigenvalue weighted by Crippen LogP contribution is 2.38. The minimum absolute atomic E-state index is 0. The summed E-state index contributed by atoms with van der Waals surface area (Å²) in [4.78, 5) is 17.0. The number of nitrogens with one attached hydrogen (secondary N) is 1. The van der Waals surface area contributed by atoms with Crippen molar-refractivity contribution in [2.45, 2.75) is 47.1 Å². The molecule has 1 N–H and O–H groups in total. The number of hydrogen-bond acceptors (Lipinski definition) is 4. The second-order valence-corrected chi connectivity index (χ2v) is 7.00. The fourth-order valence-corrected chi connectivity index (χ4v) is 3.34. The van der Waals surface area contributed by atoms with Crippen molar-refractivity contribution in [1.29, 1.82) is 0 Å². The fourth-order valence-electron chi connectivity index (χ4n) is 3.34. The highest BCUT2D eigenvalue weighted by Gasteiger charge is 2.29. The highest BCUT2D eigenvalue weighted by atomic mass is 19.1. The molecule has 0 unspecified atom stereocenters. The zero-order valence-electron chi connectivity index (χ0n) is 17.5. The Balaban J connectivity index is 0.00000104. The molecule has 0 spiro atoms. The SMILES string of the molecule is CC.CCOC(=O)c1c(Nc2ccc(C)cc2F)c2cnccc2n1CC1CC1.[HH]. The summed E-state index contributed by atoms with van der Waals surface area (Å²) in [6, 6.07) is 6.86. The lowest BCUT2D eigenvalue weighted by Gasteiger charge is -2.12. The molecule has 1 fully saturated rings. The molecule has 2 heterocycles. The molecule has 0 bridgehead atoms. The molecule has 0 saturated heterocycles. The lowest BCUT2D eigenvalue weighted by molar-refractivity contribution is 0.0515. The summed E-state index contributed by atoms with van der Waals surface area (Å²) in [5.41, 5.74) is 3.02. The van der Waals surface area contributed by atoms with E-state index in [0.29, 0.717) is 23.0 Å². The Morgan fingerprint density at radius 2 is 2.10 bits per heavy atom. The Morgan fingerprint density at radius 3 is 2.76 bits per heavy atom. The number of hydrogen-bond donors (Lipinski definition) is 1. The van der Waals surface area contributed by atoms with E-state index in [9.17, 15) is 9.18 Å². The van der Waals surface area contributed by atoms with Crippen LogP contribution in [0, 0.1) is 18.7 Å². The van der Waals surface area contributed by atoms with E-state index in [1.807, 2.05) is 37.5 Å². The molecule has 2 aromatic heterocycles. The zero-order valence-corrected chi connectivity index (χ0v) is 17.5. The van der Waals surface area contributed by atoms with E-state index in [1.54, 1.807) is 25.4 Å². The average molecular weight is 400 g/mol. The van der Waals surface area contributed by atoms with Crippen LogP contribution in [0.4, 0.5) is 15.8 Å². The van der Waals surface area contributed by atoms with E-state index in [1.165, 1.54) is 6.07 Å². The van der Waals surface area contributed by atoms with Gasteiger partial charge in [0.05, 0.1) is 23.5 Å². The first kappa shape index (κ1) is 20.8. The van der Waals surface area contributed by atoms with E-state index in [0.717, 1.165) is 35.9 Å². The summed E-state index contributed by atoms with van der Waals surface area (Å²) in [7, 11) is 0. The van der Waals surface area contributed by atoms with E-state index >= 15 is 0 Å². The van der Waals surface area contributed by atoms with Crippen LogP contribution in [0.2, 0.25) is 0 Å². The molecule has 1 aromatic carbocycles. The van der Waals surface area contributed by atoms with E-state index < -0.39 is 5.97 Å². The van der Waals surface area contributed by atoms with Gasteiger partial charge >= 0.3 is 5.97 Å². The van der Waals surface area contributed by atoms with Crippen LogP contribution in [0.3, 0.4) is 0 Å². The van der Waals surface area contributed by atoms with Crippen molar-refractivity contribution >= 4 is 28.2 Å². The van der Waals surface area contributed by atoms with Crippen LogP contribution in [-0.4, -0.2) is 22.1 Å². The molecule has 0 radical (unpaired) electrons. The lowest BCUT2D eigenvalue weighted by atomic mass is 10.2. The Morgan fingerprint density at radius 1 is 1.34 bits per heavy atom. The number of fused-ring (bicyclic) bond motifs is 1. The number of benzene rings is 1. The number of carbonyl (C=O) groups excluding carboxylic acids is 1. The average Bonchev–Trinajstić information content (AvgIpc) is 3.49. The van der Waals surface area contributed by atoms with Crippen molar-refractivity contribution < 1.29 is 15.3 Å². The number of pyridine rings is 1. The van der Waals surface area contributed by atoms with Crippen molar-refractivity contribution in [2.75, 3.05) is 11.9 Å². The van der Waals surface area contributed by atoms with Crippen LogP contribution >= 0.6 is 0 Å². The number of ether oxygens (including phenoxy) is 1. The van der Waals surface area contributed by atoms with Gasteiger partial charge in [-0.25, -0.2) is 9.18 Å². The Kier molecular flexibility index (Phi) is 6.52. The summed E-state index contributed by atoms with van der Waals surface area (Å²) in [6.07, 6.45) is 5.72. The highest BCUT2D eigenvalue weighted by molar-refractivity contribution is 6.07. The molecule has 0 aliphatic heterocycles. The number of aromatic nitrogens is 2. The third kappa shape index (κ3) is 4.42.